The van der Waals surface area contributed by atoms with Crippen molar-refractivity contribution in [1.82, 2.24) is 14.5 Å². The Hall–Kier alpha value is -3.74. The Balaban J connectivity index is 1.72. The van der Waals surface area contributed by atoms with Crippen molar-refractivity contribution in [2.24, 2.45) is 0 Å². The van der Waals surface area contributed by atoms with Crippen LogP contribution in [0.15, 0.2) is 48.8 Å². The molecule has 5 nitrogen and oxygen atoms in total. The fraction of sp³-hybridized carbons (Fsp3) is 0.231. The van der Waals surface area contributed by atoms with Crippen LogP contribution in [-0.2, 0) is 22.7 Å². The second kappa shape index (κ2) is 7.40. The molecule has 2 aliphatic heterocycles. The van der Waals surface area contributed by atoms with Crippen molar-refractivity contribution in [3.05, 3.63) is 71.6 Å². The third kappa shape index (κ3) is 3.10. The molecule has 0 fully saturated rings. The molecule has 2 aromatic carbocycles. The number of amides is 2. The molecule has 33 heavy (non-hydrogen) atoms. The number of carbonyl (C=O) groups excluding carboxylic acids is 2. The summed E-state index contributed by atoms with van der Waals surface area (Å²) < 4.78 is 32.5. The van der Waals surface area contributed by atoms with E-state index in [0.29, 0.717) is 21.9 Å². The van der Waals surface area contributed by atoms with Crippen LogP contribution in [-0.4, -0.2) is 20.9 Å². The molecule has 4 heterocycles. The summed E-state index contributed by atoms with van der Waals surface area (Å²) in [7, 11) is 0. The molecule has 0 saturated carbocycles. The number of rotatable bonds is 0. The Morgan fingerprint density at radius 1 is 0.667 bits per heavy atom. The van der Waals surface area contributed by atoms with Crippen molar-refractivity contribution in [2.75, 3.05) is 0 Å². The lowest BCUT2D eigenvalue weighted by molar-refractivity contribution is -0.122. The molecule has 0 aliphatic carbocycles. The number of aromatic nitrogens is 2. The van der Waals surface area contributed by atoms with Crippen molar-refractivity contribution in [3.8, 4) is 0 Å². The Bertz CT molecular complexity index is 1400. The van der Waals surface area contributed by atoms with Gasteiger partial charge in [-0.3, -0.25) is 14.9 Å². The molecule has 4 bridgehead atoms. The van der Waals surface area contributed by atoms with Crippen LogP contribution in [0.2, 0.25) is 0 Å². The van der Waals surface area contributed by atoms with Crippen LogP contribution in [0.25, 0.3) is 33.0 Å². The van der Waals surface area contributed by atoms with Crippen molar-refractivity contribution in [2.45, 2.75) is 38.8 Å². The van der Waals surface area contributed by atoms with E-state index >= 15 is 0 Å². The summed E-state index contributed by atoms with van der Waals surface area (Å²) >= 11 is 0. The smallest absolute Gasteiger partial charge is 0.259 e. The summed E-state index contributed by atoms with van der Waals surface area (Å²) in [6, 6.07) is 9.04. The minimum absolute atomic E-state index is 0.203. The molecule has 0 unspecified atom stereocenters. The Labute approximate surface area is 188 Å². The number of aryl methyl sites for hydroxylation is 2. The van der Waals surface area contributed by atoms with Gasteiger partial charge < -0.3 is 9.13 Å². The van der Waals surface area contributed by atoms with Crippen molar-refractivity contribution < 1.29 is 18.4 Å². The second-order valence-corrected chi connectivity index (χ2v) is 8.74. The minimum atomic E-state index is -0.525. The largest absolute Gasteiger partial charge is 0.347 e. The highest BCUT2D eigenvalue weighted by atomic mass is 19.1. The average molecular weight is 445 g/mol. The number of nitrogens with zero attached hydrogens (tertiary/aromatic N) is 2. The normalized spacial score (nSPS) is 16.9. The fourth-order valence-electron chi connectivity index (χ4n) is 5.19. The molecule has 2 amide bonds. The monoisotopic (exact) mass is 445 g/mol. The van der Waals surface area contributed by atoms with Gasteiger partial charge in [-0.15, -0.1) is 0 Å². The maximum Gasteiger partial charge on any atom is 0.259 e. The maximum atomic E-state index is 14.2. The van der Waals surface area contributed by atoms with Gasteiger partial charge in [0.05, 0.1) is 11.1 Å². The molecule has 0 saturated heterocycles. The zero-order chi connectivity index (χ0) is 22.7. The van der Waals surface area contributed by atoms with E-state index in [2.05, 4.69) is 5.32 Å². The van der Waals surface area contributed by atoms with Gasteiger partial charge in [-0.1, -0.05) is 12.8 Å². The lowest BCUT2D eigenvalue weighted by Gasteiger charge is -2.07. The van der Waals surface area contributed by atoms with E-state index in [0.717, 1.165) is 49.8 Å². The highest BCUT2D eigenvalue weighted by Gasteiger charge is 2.35. The topological polar surface area (TPSA) is 56.0 Å². The van der Waals surface area contributed by atoms with Gasteiger partial charge in [-0.2, -0.15) is 0 Å². The quantitative estimate of drug-likeness (QED) is 0.387. The van der Waals surface area contributed by atoms with Gasteiger partial charge in [-0.05, 0) is 49.2 Å². The van der Waals surface area contributed by atoms with Crippen molar-refractivity contribution in [1.29, 1.82) is 0 Å². The first-order valence-electron chi connectivity index (χ1n) is 11.2. The summed E-state index contributed by atoms with van der Waals surface area (Å²) in [5, 5.41) is 3.57. The average Bonchev–Trinajstić information content (AvgIpc) is 3.40. The van der Waals surface area contributed by atoms with Crippen molar-refractivity contribution in [3.63, 3.8) is 0 Å². The molecule has 7 heteroatoms. The van der Waals surface area contributed by atoms with Gasteiger partial charge in [0.25, 0.3) is 11.8 Å². The molecular formula is C26H21F2N3O2. The van der Waals surface area contributed by atoms with Gasteiger partial charge in [-0.25, -0.2) is 8.78 Å². The second-order valence-electron chi connectivity index (χ2n) is 8.74. The SMILES string of the molecule is O=C1NC(=O)C2=C1c1cn(c3ccc(F)cc13)CCCCCCn1cc2c2cc(F)ccc21. The number of hydrogen-bond donors (Lipinski definition) is 1. The summed E-state index contributed by atoms with van der Waals surface area (Å²) in [6.07, 6.45) is 7.63. The Kier molecular flexibility index (Phi) is 4.47. The third-order valence-corrected chi connectivity index (χ3v) is 6.70. The first-order valence-corrected chi connectivity index (χ1v) is 11.2. The van der Waals surface area contributed by atoms with Crippen LogP contribution in [0.5, 0.6) is 0 Å². The molecule has 1 N–H and O–H groups in total. The third-order valence-electron chi connectivity index (χ3n) is 6.70. The summed E-state index contributed by atoms with van der Waals surface area (Å²) in [6.45, 7) is 1.47. The molecule has 166 valence electrons. The number of halogens is 2. The maximum absolute atomic E-state index is 14.2. The number of imide groups is 1. The summed E-state index contributed by atoms with van der Waals surface area (Å²) in [5.74, 6) is -1.87. The Morgan fingerprint density at radius 3 is 1.58 bits per heavy atom. The summed E-state index contributed by atoms with van der Waals surface area (Å²) in [5.41, 5.74) is 3.06. The van der Waals surface area contributed by atoms with Crippen LogP contribution in [0.4, 0.5) is 8.78 Å². The van der Waals surface area contributed by atoms with E-state index in [-0.39, 0.29) is 11.1 Å². The van der Waals surface area contributed by atoms with Gasteiger partial charge in [0, 0.05) is 58.4 Å². The fourth-order valence-corrected chi connectivity index (χ4v) is 5.19. The predicted octanol–water partition coefficient (Wildman–Crippen LogP) is 5.02. The molecular weight excluding hydrogens is 424 g/mol. The predicted molar refractivity (Wildman–Crippen MR) is 122 cm³/mol. The molecule has 0 spiro atoms. The number of fused-ring (bicyclic) bond motifs is 12. The van der Waals surface area contributed by atoms with Crippen LogP contribution >= 0.6 is 0 Å². The zero-order valence-corrected chi connectivity index (χ0v) is 17.8. The first-order chi connectivity index (χ1) is 16.0. The van der Waals surface area contributed by atoms with Crippen LogP contribution < -0.4 is 5.32 Å². The molecule has 0 atom stereocenters. The van der Waals surface area contributed by atoms with E-state index in [1.165, 1.54) is 24.3 Å². The van der Waals surface area contributed by atoms with E-state index < -0.39 is 23.4 Å². The first kappa shape index (κ1) is 19.9. The van der Waals surface area contributed by atoms with Gasteiger partial charge >= 0.3 is 0 Å². The zero-order valence-electron chi connectivity index (χ0n) is 17.8. The van der Waals surface area contributed by atoms with E-state index in [1.54, 1.807) is 12.1 Å². The van der Waals surface area contributed by atoms with E-state index in [4.69, 9.17) is 0 Å². The number of carbonyl (C=O) groups is 2. The lowest BCUT2D eigenvalue weighted by atomic mass is 9.95. The highest BCUT2D eigenvalue weighted by molar-refractivity contribution is 6.50. The minimum Gasteiger partial charge on any atom is -0.347 e. The van der Waals surface area contributed by atoms with Gasteiger partial charge in [0.2, 0.25) is 0 Å². The van der Waals surface area contributed by atoms with Crippen LogP contribution in [0.1, 0.15) is 36.8 Å². The number of hydrogen-bond acceptors (Lipinski definition) is 2. The number of benzene rings is 2. The molecule has 2 aliphatic rings. The molecule has 4 aromatic rings. The van der Waals surface area contributed by atoms with Crippen LogP contribution in [0, 0.1) is 11.6 Å². The standard InChI is InChI=1S/C26H21F2N3O2/c27-15-5-7-21-17(11-15)19-13-30(21)9-3-1-2-4-10-31-14-20(18-12-16(28)6-8-22(18)31)24-23(19)25(32)29-26(24)33/h5-8,11-14H,1-4,9-10H2,(H,29,32,33). The Morgan fingerprint density at radius 2 is 1.12 bits per heavy atom. The number of nitrogens with one attached hydrogen (secondary N) is 1. The van der Waals surface area contributed by atoms with E-state index in [1.807, 2.05) is 21.5 Å². The molecule has 0 radical (unpaired) electrons. The van der Waals surface area contributed by atoms with Crippen LogP contribution in [0.3, 0.4) is 0 Å². The van der Waals surface area contributed by atoms with Crippen molar-refractivity contribution >= 4 is 44.8 Å². The van der Waals surface area contributed by atoms with Gasteiger partial charge in [0.1, 0.15) is 11.6 Å². The molecule has 2 aromatic heterocycles. The lowest BCUT2D eigenvalue weighted by Crippen LogP contribution is -2.22. The summed E-state index contributed by atoms with van der Waals surface area (Å²) in [4.78, 5) is 26.1. The highest BCUT2D eigenvalue weighted by Crippen LogP contribution is 2.39. The molecule has 6 rings (SSSR count). The van der Waals surface area contributed by atoms with Gasteiger partial charge in [0.15, 0.2) is 0 Å². The van der Waals surface area contributed by atoms with E-state index in [9.17, 15) is 18.4 Å².